The van der Waals surface area contributed by atoms with Crippen LogP contribution in [0.25, 0.3) is 0 Å². The highest BCUT2D eigenvalue weighted by molar-refractivity contribution is 4.85. The number of hydrogen-bond donors (Lipinski definition) is 1. The van der Waals surface area contributed by atoms with Crippen molar-refractivity contribution in [3.05, 3.63) is 0 Å². The zero-order chi connectivity index (χ0) is 11.5. The molecule has 1 aliphatic rings. The minimum Gasteiger partial charge on any atom is -0.389 e. The van der Waals surface area contributed by atoms with Gasteiger partial charge in [-0.3, -0.25) is 0 Å². The first kappa shape index (κ1) is 13.0. The maximum absolute atomic E-state index is 10.4. The van der Waals surface area contributed by atoms with E-state index in [-0.39, 0.29) is 0 Å². The summed E-state index contributed by atoms with van der Waals surface area (Å²) in [4.78, 5) is 2.28. The van der Waals surface area contributed by atoms with Crippen molar-refractivity contribution in [3.8, 4) is 0 Å². The summed E-state index contributed by atoms with van der Waals surface area (Å²) in [5.74, 6) is 0. The maximum Gasteiger partial charge on any atom is 0.0774 e. The van der Waals surface area contributed by atoms with Crippen LogP contribution in [0.3, 0.4) is 0 Å². The van der Waals surface area contributed by atoms with Crippen LogP contribution >= 0.6 is 0 Å². The SMILES string of the molecule is CN(CC(C)(C)C)CC1(O)CCCCC1. The standard InChI is InChI=1S/C13H27NO/c1-12(2,3)10-14(4)11-13(15)8-6-5-7-9-13/h15H,5-11H2,1-4H3. The fourth-order valence-corrected chi connectivity index (χ4v) is 2.74. The van der Waals surface area contributed by atoms with E-state index in [1.807, 2.05) is 0 Å². The van der Waals surface area contributed by atoms with Crippen molar-refractivity contribution in [1.29, 1.82) is 0 Å². The minimum atomic E-state index is -0.405. The van der Waals surface area contributed by atoms with Gasteiger partial charge < -0.3 is 10.0 Å². The van der Waals surface area contributed by atoms with Gasteiger partial charge in [-0.15, -0.1) is 0 Å². The van der Waals surface area contributed by atoms with Gasteiger partial charge in [-0.1, -0.05) is 40.0 Å². The molecule has 0 amide bonds. The summed E-state index contributed by atoms with van der Waals surface area (Å²) >= 11 is 0. The van der Waals surface area contributed by atoms with E-state index in [1.165, 1.54) is 19.3 Å². The summed E-state index contributed by atoms with van der Waals surface area (Å²) in [5, 5.41) is 10.4. The molecule has 0 bridgehead atoms. The Morgan fingerprint density at radius 3 is 2.13 bits per heavy atom. The van der Waals surface area contributed by atoms with Gasteiger partial charge in [-0.05, 0) is 25.3 Å². The molecule has 1 fully saturated rings. The van der Waals surface area contributed by atoms with Crippen LogP contribution in [0.1, 0.15) is 52.9 Å². The van der Waals surface area contributed by atoms with Crippen molar-refractivity contribution in [1.82, 2.24) is 4.90 Å². The van der Waals surface area contributed by atoms with Gasteiger partial charge in [0.2, 0.25) is 0 Å². The lowest BCUT2D eigenvalue weighted by atomic mass is 9.84. The van der Waals surface area contributed by atoms with E-state index in [4.69, 9.17) is 0 Å². The molecule has 90 valence electrons. The molecule has 0 heterocycles. The molecular formula is C13H27NO. The van der Waals surface area contributed by atoms with Gasteiger partial charge in [-0.2, -0.15) is 0 Å². The van der Waals surface area contributed by atoms with Crippen LogP contribution in [0.2, 0.25) is 0 Å². The van der Waals surface area contributed by atoms with Crippen molar-refractivity contribution in [2.75, 3.05) is 20.1 Å². The third-order valence-electron chi connectivity index (χ3n) is 3.09. The average molecular weight is 213 g/mol. The molecular weight excluding hydrogens is 186 g/mol. The Kier molecular flexibility index (Phi) is 4.19. The van der Waals surface area contributed by atoms with Crippen molar-refractivity contribution in [3.63, 3.8) is 0 Å². The predicted octanol–water partition coefficient (Wildman–Crippen LogP) is 2.66. The number of aliphatic hydroxyl groups is 1. The molecule has 0 spiro atoms. The molecule has 0 aromatic carbocycles. The molecule has 1 N–H and O–H groups in total. The summed E-state index contributed by atoms with van der Waals surface area (Å²) in [6.45, 7) is 8.62. The monoisotopic (exact) mass is 213 g/mol. The summed E-state index contributed by atoms with van der Waals surface area (Å²) in [5.41, 5.74) is -0.0853. The molecule has 0 radical (unpaired) electrons. The summed E-state index contributed by atoms with van der Waals surface area (Å²) in [6.07, 6.45) is 5.66. The molecule has 1 aliphatic carbocycles. The molecule has 2 heteroatoms. The molecule has 0 atom stereocenters. The van der Waals surface area contributed by atoms with Crippen LogP contribution in [0.4, 0.5) is 0 Å². The Bertz CT molecular complexity index is 189. The van der Waals surface area contributed by atoms with Crippen LogP contribution in [0.15, 0.2) is 0 Å². The lowest BCUT2D eigenvalue weighted by Gasteiger charge is -2.37. The molecule has 2 nitrogen and oxygen atoms in total. The molecule has 0 unspecified atom stereocenters. The maximum atomic E-state index is 10.4. The van der Waals surface area contributed by atoms with Gasteiger partial charge in [-0.25, -0.2) is 0 Å². The average Bonchev–Trinajstić information content (AvgIpc) is 1.99. The summed E-state index contributed by atoms with van der Waals surface area (Å²) < 4.78 is 0. The van der Waals surface area contributed by atoms with Gasteiger partial charge in [0.05, 0.1) is 5.60 Å². The van der Waals surface area contributed by atoms with Crippen LogP contribution in [0.5, 0.6) is 0 Å². The van der Waals surface area contributed by atoms with Crippen molar-refractivity contribution >= 4 is 0 Å². The molecule has 0 aromatic rings. The molecule has 0 aliphatic heterocycles. The van der Waals surface area contributed by atoms with E-state index in [9.17, 15) is 5.11 Å². The van der Waals surface area contributed by atoms with E-state index < -0.39 is 5.60 Å². The van der Waals surface area contributed by atoms with Crippen molar-refractivity contribution in [2.24, 2.45) is 5.41 Å². The Balaban J connectivity index is 2.38. The van der Waals surface area contributed by atoms with Gasteiger partial charge >= 0.3 is 0 Å². The second-order valence-corrected chi connectivity index (χ2v) is 6.52. The van der Waals surface area contributed by atoms with E-state index in [0.29, 0.717) is 5.41 Å². The zero-order valence-corrected chi connectivity index (χ0v) is 10.8. The molecule has 0 aromatic heterocycles. The van der Waals surface area contributed by atoms with Gasteiger partial charge in [0.25, 0.3) is 0 Å². The van der Waals surface area contributed by atoms with Gasteiger partial charge in [0.1, 0.15) is 0 Å². The normalized spacial score (nSPS) is 22.0. The van der Waals surface area contributed by atoms with Crippen LogP contribution in [0, 0.1) is 5.41 Å². The third kappa shape index (κ3) is 4.98. The highest BCUT2D eigenvalue weighted by atomic mass is 16.3. The summed E-state index contributed by atoms with van der Waals surface area (Å²) in [6, 6.07) is 0. The highest BCUT2D eigenvalue weighted by Gasteiger charge is 2.31. The van der Waals surface area contributed by atoms with Crippen LogP contribution in [-0.2, 0) is 0 Å². The Labute approximate surface area is 94.7 Å². The second-order valence-electron chi connectivity index (χ2n) is 6.52. The largest absolute Gasteiger partial charge is 0.389 e. The fourth-order valence-electron chi connectivity index (χ4n) is 2.74. The van der Waals surface area contributed by atoms with E-state index in [1.54, 1.807) is 0 Å². The van der Waals surface area contributed by atoms with E-state index >= 15 is 0 Å². The van der Waals surface area contributed by atoms with Crippen molar-refractivity contribution in [2.45, 2.75) is 58.5 Å². The first-order chi connectivity index (χ1) is 6.81. The Morgan fingerprint density at radius 2 is 1.67 bits per heavy atom. The smallest absolute Gasteiger partial charge is 0.0774 e. The molecule has 15 heavy (non-hydrogen) atoms. The van der Waals surface area contributed by atoms with Crippen molar-refractivity contribution < 1.29 is 5.11 Å². The Morgan fingerprint density at radius 1 is 1.13 bits per heavy atom. The lowest BCUT2D eigenvalue weighted by molar-refractivity contribution is -0.0257. The van der Waals surface area contributed by atoms with E-state index in [0.717, 1.165) is 25.9 Å². The minimum absolute atomic E-state index is 0.319. The third-order valence-corrected chi connectivity index (χ3v) is 3.09. The Hall–Kier alpha value is -0.0800. The van der Waals surface area contributed by atoms with Crippen LogP contribution in [-0.4, -0.2) is 35.7 Å². The number of nitrogens with zero attached hydrogens (tertiary/aromatic N) is 1. The van der Waals surface area contributed by atoms with E-state index in [2.05, 4.69) is 32.7 Å². The topological polar surface area (TPSA) is 23.5 Å². The first-order valence-electron chi connectivity index (χ1n) is 6.22. The van der Waals surface area contributed by atoms with Gasteiger partial charge in [0, 0.05) is 13.1 Å². The number of likely N-dealkylation sites (N-methyl/N-ethyl adjacent to an activating group) is 1. The molecule has 0 saturated heterocycles. The lowest BCUT2D eigenvalue weighted by Crippen LogP contribution is -2.45. The van der Waals surface area contributed by atoms with Crippen LogP contribution < -0.4 is 0 Å². The number of hydrogen-bond acceptors (Lipinski definition) is 2. The molecule has 1 rings (SSSR count). The number of rotatable bonds is 3. The highest BCUT2D eigenvalue weighted by Crippen LogP contribution is 2.29. The quantitative estimate of drug-likeness (QED) is 0.779. The zero-order valence-electron chi connectivity index (χ0n) is 10.8. The summed E-state index contributed by atoms with van der Waals surface area (Å²) in [7, 11) is 2.12. The predicted molar refractivity (Wildman–Crippen MR) is 65.0 cm³/mol. The second kappa shape index (κ2) is 4.84. The first-order valence-corrected chi connectivity index (χ1v) is 6.22. The molecule has 1 saturated carbocycles. The van der Waals surface area contributed by atoms with Gasteiger partial charge in [0.15, 0.2) is 0 Å². The fraction of sp³-hybridized carbons (Fsp3) is 1.00.